The van der Waals surface area contributed by atoms with Gasteiger partial charge >= 0.3 is 0 Å². The minimum Gasteiger partial charge on any atom is -0.493 e. The van der Waals surface area contributed by atoms with Gasteiger partial charge in [0.2, 0.25) is 0 Å². The van der Waals surface area contributed by atoms with Crippen LogP contribution in [0.25, 0.3) is 0 Å². The molecule has 0 spiro atoms. The number of hydrogen-bond acceptors (Lipinski definition) is 3. The Morgan fingerprint density at radius 3 is 2.60 bits per heavy atom. The average Bonchev–Trinajstić information content (AvgIpc) is 2.38. The van der Waals surface area contributed by atoms with E-state index in [4.69, 9.17) is 4.74 Å². The molecule has 0 aromatic heterocycles. The molecule has 3 nitrogen and oxygen atoms in total. The molecule has 1 heterocycles. The lowest BCUT2D eigenvalue weighted by atomic mass is 10.1. The van der Waals surface area contributed by atoms with Crippen LogP contribution in [0.15, 0.2) is 24.3 Å². The Morgan fingerprint density at radius 1 is 1.30 bits per heavy atom. The zero-order chi connectivity index (χ0) is 13.7. The number of benzene rings is 1. The van der Waals surface area contributed by atoms with Crippen molar-refractivity contribution in [1.29, 1.82) is 0 Å². The summed E-state index contributed by atoms with van der Waals surface area (Å²) in [6.07, 6.45) is 0. The Morgan fingerprint density at radius 2 is 2.00 bits per heavy atom. The third-order valence-electron chi connectivity index (χ3n) is 3.37. The van der Waals surface area contributed by atoms with Crippen molar-refractivity contribution in [2.24, 2.45) is 5.92 Å². The first-order valence-electron chi connectivity index (χ1n) is 7.31. The van der Waals surface area contributed by atoms with E-state index in [-0.39, 0.29) is 12.4 Å². The van der Waals surface area contributed by atoms with Gasteiger partial charge in [0.05, 0.1) is 6.61 Å². The number of nitrogens with one attached hydrogen (secondary N) is 1. The molecule has 1 saturated heterocycles. The van der Waals surface area contributed by atoms with Crippen LogP contribution in [-0.2, 0) is 6.54 Å². The van der Waals surface area contributed by atoms with E-state index in [1.165, 1.54) is 5.56 Å². The molecule has 0 unspecified atom stereocenters. The fourth-order valence-electron chi connectivity index (χ4n) is 2.37. The maximum Gasteiger partial charge on any atom is 0.119 e. The molecule has 0 bridgehead atoms. The predicted octanol–water partition coefficient (Wildman–Crippen LogP) is 2.94. The van der Waals surface area contributed by atoms with Crippen molar-refractivity contribution in [2.45, 2.75) is 33.4 Å². The van der Waals surface area contributed by atoms with Gasteiger partial charge in [-0.15, -0.1) is 12.4 Å². The highest BCUT2D eigenvalue weighted by atomic mass is 35.5. The van der Waals surface area contributed by atoms with Crippen LogP contribution in [0.2, 0.25) is 0 Å². The number of nitrogens with zero attached hydrogens (tertiary/aromatic N) is 1. The molecule has 4 heteroatoms. The Bertz CT molecular complexity index is 381. The normalized spacial score (nSPS) is 19.7. The Kier molecular flexibility index (Phi) is 7.35. The van der Waals surface area contributed by atoms with E-state index < -0.39 is 0 Å². The lowest BCUT2D eigenvalue weighted by Gasteiger charge is -2.31. The lowest BCUT2D eigenvalue weighted by molar-refractivity contribution is 0.199. The van der Waals surface area contributed by atoms with Gasteiger partial charge < -0.3 is 10.1 Å². The molecule has 1 aliphatic heterocycles. The first kappa shape index (κ1) is 17.3. The van der Waals surface area contributed by atoms with Crippen molar-refractivity contribution in [3.05, 3.63) is 29.8 Å². The van der Waals surface area contributed by atoms with Crippen LogP contribution in [-0.4, -0.2) is 37.2 Å². The molecule has 1 N–H and O–H groups in total. The molecule has 1 aromatic rings. The highest BCUT2D eigenvalue weighted by molar-refractivity contribution is 5.85. The van der Waals surface area contributed by atoms with Crippen LogP contribution < -0.4 is 10.1 Å². The Hall–Kier alpha value is -0.770. The summed E-state index contributed by atoms with van der Waals surface area (Å²) < 4.78 is 5.71. The van der Waals surface area contributed by atoms with Gasteiger partial charge in [0.15, 0.2) is 0 Å². The van der Waals surface area contributed by atoms with E-state index >= 15 is 0 Å². The Balaban J connectivity index is 0.00000200. The topological polar surface area (TPSA) is 24.5 Å². The van der Waals surface area contributed by atoms with Crippen LogP contribution in [0.1, 0.15) is 26.3 Å². The second kappa shape index (κ2) is 8.50. The van der Waals surface area contributed by atoms with Gasteiger partial charge in [0.25, 0.3) is 0 Å². The van der Waals surface area contributed by atoms with E-state index in [2.05, 4.69) is 55.3 Å². The molecular weight excluding hydrogens is 272 g/mol. The second-order valence-electron chi connectivity index (χ2n) is 5.94. The van der Waals surface area contributed by atoms with Gasteiger partial charge in [-0.3, -0.25) is 4.90 Å². The minimum absolute atomic E-state index is 0. The summed E-state index contributed by atoms with van der Waals surface area (Å²) in [5, 5.41) is 3.47. The van der Waals surface area contributed by atoms with Crippen molar-refractivity contribution < 1.29 is 4.74 Å². The number of halogens is 1. The molecular formula is C16H27ClN2O. The predicted molar refractivity (Wildman–Crippen MR) is 86.8 cm³/mol. The minimum atomic E-state index is 0. The molecule has 0 aliphatic carbocycles. The van der Waals surface area contributed by atoms with Crippen molar-refractivity contribution in [1.82, 2.24) is 10.2 Å². The van der Waals surface area contributed by atoms with Crippen molar-refractivity contribution in [3.8, 4) is 5.75 Å². The van der Waals surface area contributed by atoms with Gasteiger partial charge in [-0.05, 0) is 30.5 Å². The molecule has 1 fully saturated rings. The summed E-state index contributed by atoms with van der Waals surface area (Å²) in [5.74, 6) is 1.55. The first-order valence-corrected chi connectivity index (χ1v) is 7.31. The van der Waals surface area contributed by atoms with E-state index in [1.807, 2.05) is 0 Å². The monoisotopic (exact) mass is 298 g/mol. The molecule has 1 aliphatic rings. The standard InChI is InChI=1S/C16H26N2O.ClH/c1-13(2)12-19-16-6-4-15(5-7-16)11-18-9-8-17-14(3)10-18;/h4-7,13-14,17H,8-12H2,1-3H3;1H/t14-;/m1./s1. The van der Waals surface area contributed by atoms with Crippen LogP contribution >= 0.6 is 12.4 Å². The smallest absolute Gasteiger partial charge is 0.119 e. The first-order chi connectivity index (χ1) is 9.13. The zero-order valence-corrected chi connectivity index (χ0v) is 13.6. The van der Waals surface area contributed by atoms with Gasteiger partial charge in [0, 0.05) is 32.2 Å². The molecule has 0 saturated carbocycles. The summed E-state index contributed by atoms with van der Waals surface area (Å²) >= 11 is 0. The molecule has 1 atom stereocenters. The van der Waals surface area contributed by atoms with Crippen molar-refractivity contribution in [3.63, 3.8) is 0 Å². The molecule has 2 rings (SSSR count). The molecule has 0 radical (unpaired) electrons. The van der Waals surface area contributed by atoms with E-state index in [1.54, 1.807) is 0 Å². The molecule has 20 heavy (non-hydrogen) atoms. The molecule has 1 aromatic carbocycles. The largest absolute Gasteiger partial charge is 0.493 e. The summed E-state index contributed by atoms with van der Waals surface area (Å²) in [6.45, 7) is 11.8. The van der Waals surface area contributed by atoms with Crippen molar-refractivity contribution in [2.75, 3.05) is 26.2 Å². The molecule has 114 valence electrons. The van der Waals surface area contributed by atoms with E-state index in [0.29, 0.717) is 12.0 Å². The maximum atomic E-state index is 5.71. The third kappa shape index (κ3) is 5.70. The van der Waals surface area contributed by atoms with Crippen LogP contribution in [0.3, 0.4) is 0 Å². The van der Waals surface area contributed by atoms with Crippen LogP contribution in [0.5, 0.6) is 5.75 Å². The number of rotatable bonds is 5. The van der Waals surface area contributed by atoms with Crippen LogP contribution in [0, 0.1) is 5.92 Å². The fourth-order valence-corrected chi connectivity index (χ4v) is 2.37. The van der Waals surface area contributed by atoms with Gasteiger partial charge in [-0.25, -0.2) is 0 Å². The number of ether oxygens (including phenoxy) is 1. The maximum absolute atomic E-state index is 5.71. The number of hydrogen-bond donors (Lipinski definition) is 1. The SMILES string of the molecule is CC(C)COc1ccc(CN2CCN[C@H](C)C2)cc1.Cl. The Labute approximate surface area is 129 Å². The summed E-state index contributed by atoms with van der Waals surface area (Å²) in [5.41, 5.74) is 1.37. The van der Waals surface area contributed by atoms with E-state index in [0.717, 1.165) is 38.5 Å². The van der Waals surface area contributed by atoms with Gasteiger partial charge in [-0.2, -0.15) is 0 Å². The average molecular weight is 299 g/mol. The van der Waals surface area contributed by atoms with E-state index in [9.17, 15) is 0 Å². The summed E-state index contributed by atoms with van der Waals surface area (Å²) in [6, 6.07) is 9.14. The van der Waals surface area contributed by atoms with Crippen molar-refractivity contribution >= 4 is 12.4 Å². The second-order valence-corrected chi connectivity index (χ2v) is 5.94. The lowest BCUT2D eigenvalue weighted by Crippen LogP contribution is -2.48. The highest BCUT2D eigenvalue weighted by Crippen LogP contribution is 2.15. The number of piperazine rings is 1. The third-order valence-corrected chi connectivity index (χ3v) is 3.37. The highest BCUT2D eigenvalue weighted by Gasteiger charge is 2.15. The fraction of sp³-hybridized carbons (Fsp3) is 0.625. The van der Waals surface area contributed by atoms with Gasteiger partial charge in [0.1, 0.15) is 5.75 Å². The quantitative estimate of drug-likeness (QED) is 0.904. The molecule has 0 amide bonds. The van der Waals surface area contributed by atoms with Crippen LogP contribution in [0.4, 0.5) is 0 Å². The summed E-state index contributed by atoms with van der Waals surface area (Å²) in [7, 11) is 0. The zero-order valence-electron chi connectivity index (χ0n) is 12.8. The summed E-state index contributed by atoms with van der Waals surface area (Å²) in [4.78, 5) is 2.51. The van der Waals surface area contributed by atoms with Gasteiger partial charge in [-0.1, -0.05) is 26.0 Å².